The van der Waals surface area contributed by atoms with Gasteiger partial charge in [0.25, 0.3) is 11.8 Å². The number of nitrogens with one attached hydrogen (secondary N) is 6. The van der Waals surface area contributed by atoms with Gasteiger partial charge in [0.05, 0.1) is 138 Å². The lowest BCUT2D eigenvalue weighted by atomic mass is 9.84. The molecule has 0 aliphatic carbocycles. The summed E-state index contributed by atoms with van der Waals surface area (Å²) in [6.07, 6.45) is 9.40. The molecular formula is C106H113N13O15. The number of rotatable bonds is 18. The molecule has 17 rings (SSSR count). The van der Waals surface area contributed by atoms with E-state index in [2.05, 4.69) is 104 Å². The fourth-order valence-corrected chi connectivity index (χ4v) is 20.3. The SMILES string of the molecule is C=CC1=C(C)c2cc3[nH]c(c4c5[nH]c(cc6nc(cc1n2)C(C)=C6CC)c(C)c5C(=O)N(C)C4=O)[C@@H](CCC(=O)OC)[C@@H]3C.C=CC1=C(C)c2cc3[nH]c(c4c5[nH]c(cc6nc(cc1n2)C(C)=C6CC)c(C)c5C(=O)OC4=O)[C@@H](CCC(=O)OC)[C@@H]3C.C=Cc1c(C)c2cc3nc(c(CC(=O)OC)c4nc(cc5[nH]c(cc1[nH]2)c(C)c5CC)C(C)=C4C(=O)OC)[C@@H](CCC(=O)OC)[C@@H]3C. The van der Waals surface area contributed by atoms with Crippen molar-refractivity contribution >= 4 is 160 Å². The van der Waals surface area contributed by atoms with Crippen LogP contribution in [0.2, 0.25) is 0 Å². The lowest BCUT2D eigenvalue weighted by Crippen LogP contribution is -2.37. The van der Waals surface area contributed by atoms with Gasteiger partial charge in [-0.1, -0.05) is 79.5 Å². The van der Waals surface area contributed by atoms with Gasteiger partial charge >= 0.3 is 41.8 Å². The van der Waals surface area contributed by atoms with Crippen molar-refractivity contribution in [3.8, 4) is 0 Å². The van der Waals surface area contributed by atoms with E-state index in [0.717, 1.165) is 182 Å². The Morgan fingerprint density at radius 1 is 0.410 bits per heavy atom. The second kappa shape index (κ2) is 37.6. The number of esters is 7. The molecule has 6 N–H and O–H groups in total. The van der Waals surface area contributed by atoms with Gasteiger partial charge in [0.1, 0.15) is 5.56 Å². The molecule has 7 aromatic heterocycles. The van der Waals surface area contributed by atoms with Crippen LogP contribution in [0.4, 0.5) is 0 Å². The van der Waals surface area contributed by atoms with Gasteiger partial charge in [-0.3, -0.25) is 38.7 Å². The highest BCUT2D eigenvalue weighted by Gasteiger charge is 2.43. The molecule has 7 aromatic rings. The number of fused-ring (bicyclic) bond motifs is 24. The Morgan fingerprint density at radius 3 is 1.34 bits per heavy atom. The average molecular weight is 1810 g/mol. The third-order valence-electron chi connectivity index (χ3n) is 28.3. The predicted octanol–water partition coefficient (Wildman–Crippen LogP) is 20.6. The van der Waals surface area contributed by atoms with Crippen LogP contribution in [0.25, 0.3) is 106 Å². The monoisotopic (exact) mass is 1810 g/mol. The minimum absolute atomic E-state index is 0.0805. The number of carbonyl (C=O) groups is 9. The number of ether oxygens (including phenoxy) is 6. The molecule has 0 fully saturated rings. The number of amides is 2. The van der Waals surface area contributed by atoms with Crippen molar-refractivity contribution in [2.45, 2.75) is 204 Å². The lowest BCUT2D eigenvalue weighted by molar-refractivity contribution is -0.141. The number of hydrogen-bond donors (Lipinski definition) is 6. The molecule has 24 bridgehead atoms. The molecule has 0 aromatic carbocycles. The zero-order valence-corrected chi connectivity index (χ0v) is 79.8. The fraction of sp³-hybridized carbons (Fsp3) is 0.349. The van der Waals surface area contributed by atoms with Gasteiger partial charge in [0.2, 0.25) is 0 Å². The first-order chi connectivity index (χ1) is 64.0. The zero-order chi connectivity index (χ0) is 96.5. The Labute approximate surface area is 776 Å². The van der Waals surface area contributed by atoms with Crippen LogP contribution in [-0.2, 0) is 65.2 Å². The van der Waals surface area contributed by atoms with Gasteiger partial charge in [-0.05, 0) is 222 Å². The number of methoxy groups -OCH3 is 5. The molecule has 0 unspecified atom stereocenters. The first-order valence-corrected chi connectivity index (χ1v) is 45.3. The van der Waals surface area contributed by atoms with Crippen molar-refractivity contribution < 1.29 is 71.6 Å². The lowest BCUT2D eigenvalue weighted by Gasteiger charge is -2.24. The van der Waals surface area contributed by atoms with Gasteiger partial charge in [-0.25, -0.2) is 39.3 Å². The van der Waals surface area contributed by atoms with Crippen molar-refractivity contribution in [2.75, 3.05) is 42.6 Å². The first kappa shape index (κ1) is 94.1. The van der Waals surface area contributed by atoms with E-state index in [4.69, 9.17) is 58.3 Å². The minimum Gasteiger partial charge on any atom is -0.469 e. The number of aromatic amines is 6. The third kappa shape index (κ3) is 16.5. The normalized spacial score (nSPS) is 17.6. The van der Waals surface area contributed by atoms with Crippen molar-refractivity contribution in [3.05, 3.63) is 239 Å². The molecule has 0 saturated heterocycles. The van der Waals surface area contributed by atoms with Gasteiger partial charge in [-0.2, -0.15) is 0 Å². The summed E-state index contributed by atoms with van der Waals surface area (Å²) in [5, 5.41) is 0. The van der Waals surface area contributed by atoms with E-state index in [1.54, 1.807) is 0 Å². The smallest absolute Gasteiger partial charge is 0.349 e. The Morgan fingerprint density at radius 2 is 0.851 bits per heavy atom. The zero-order valence-electron chi connectivity index (χ0n) is 79.8. The fourth-order valence-electron chi connectivity index (χ4n) is 20.3. The number of H-pyrrole nitrogens is 6. The van der Waals surface area contributed by atoms with E-state index in [1.807, 2.05) is 122 Å². The van der Waals surface area contributed by atoms with Crippen LogP contribution in [0, 0.1) is 27.7 Å². The summed E-state index contributed by atoms with van der Waals surface area (Å²) in [5.74, 6) is -5.37. The maximum Gasteiger partial charge on any atom is 0.349 e. The van der Waals surface area contributed by atoms with E-state index in [0.29, 0.717) is 97.7 Å². The molecule has 134 heavy (non-hydrogen) atoms. The molecule has 6 atom stereocenters. The van der Waals surface area contributed by atoms with Crippen LogP contribution in [0.5, 0.6) is 0 Å². The van der Waals surface area contributed by atoms with E-state index in [-0.39, 0.29) is 96.1 Å². The second-order valence-corrected chi connectivity index (χ2v) is 35.3. The Bertz CT molecular complexity index is 7170. The van der Waals surface area contributed by atoms with E-state index >= 15 is 0 Å². The van der Waals surface area contributed by atoms with E-state index in [1.165, 1.54) is 47.5 Å². The standard InChI is InChI=1S/C37H42N4O6.C35H37N5O4.C34H34N4O5/c1-10-22-18(3)26-15-28-20(5)24(12-13-32(42)45-7)35(40-28)25(14-33(43)46-8)36-34(37(44)47-9)21(6)29(41-36)17-31-23(11-2)19(4)27(39-31)16-30(22)38-26;1-9-20-16(3)23-13-25-18(5)22(11-12-29(41)44-8)32(38-25)31-33-30(34(42)40(7)35(31)43)19(6)26(39-33)15-28-21(10-2)17(4)24(37-28)14-27(20)36-23;1-8-19-15(3)22-12-24-17(5)21(10-11-28(39)42-7)31(37-24)30-32-29(33(40)43-34(30)41)18(6)25(38-32)14-27-20(9-2)16(4)23(36-27)13-26(19)35-22/h10,15-17,20,24,38-39H,1,11-14H2,2-9H3;9,13-15,18,22,38-39H,1,10-12H2,2-8H3;8,12-14,17,21,37-38H,1,9-11H2,2-7H3/t20-,24-;18-,22-;17-,21-/m000/s1. The Balaban J connectivity index is 0.000000153. The molecular weight excluding hydrogens is 1700 g/mol. The molecule has 0 radical (unpaired) electrons. The average Bonchev–Trinajstić information content (AvgIpc) is 1.56. The molecule has 0 saturated carbocycles. The van der Waals surface area contributed by atoms with Gasteiger partial charge < -0.3 is 58.3 Å². The van der Waals surface area contributed by atoms with Crippen molar-refractivity contribution in [1.82, 2.24) is 64.7 Å². The number of imide groups is 1. The maximum absolute atomic E-state index is 14.0. The number of cyclic esters (lactones) is 2. The molecule has 692 valence electrons. The van der Waals surface area contributed by atoms with Crippen LogP contribution in [-0.4, -0.2) is 161 Å². The Kier molecular flexibility index (Phi) is 26.4. The largest absolute Gasteiger partial charge is 0.469 e. The van der Waals surface area contributed by atoms with Crippen molar-refractivity contribution in [1.29, 1.82) is 0 Å². The topological polar surface area (TPSA) is 384 Å². The number of carbonyl (C=O) groups excluding carboxylic acids is 9. The minimum atomic E-state index is -0.738. The van der Waals surface area contributed by atoms with Crippen LogP contribution < -0.4 is 0 Å². The van der Waals surface area contributed by atoms with Crippen LogP contribution in [0.15, 0.2) is 86.5 Å². The molecule has 10 aliphatic heterocycles. The molecule has 10 aliphatic rings. The third-order valence-corrected chi connectivity index (χ3v) is 28.3. The number of nitrogens with zero attached hydrogens (tertiary/aromatic N) is 7. The van der Waals surface area contributed by atoms with E-state index in [9.17, 15) is 43.2 Å². The summed E-state index contributed by atoms with van der Waals surface area (Å²) >= 11 is 0. The number of allylic oxidation sites excluding steroid dienone is 11. The highest BCUT2D eigenvalue weighted by atomic mass is 16.6. The number of aromatic nitrogens is 12. The quantitative estimate of drug-likeness (QED) is 0.0201. The van der Waals surface area contributed by atoms with Crippen molar-refractivity contribution in [2.24, 2.45) is 0 Å². The molecule has 17 heterocycles. The molecule has 28 heteroatoms. The second-order valence-electron chi connectivity index (χ2n) is 35.3. The summed E-state index contributed by atoms with van der Waals surface area (Å²) in [6, 6.07) is 18.0. The summed E-state index contributed by atoms with van der Waals surface area (Å²) in [7, 11) is 8.25. The van der Waals surface area contributed by atoms with E-state index < -0.39 is 29.8 Å². The highest BCUT2D eigenvalue weighted by molar-refractivity contribution is 6.26. The molecule has 28 nitrogen and oxygen atoms in total. The summed E-state index contributed by atoms with van der Waals surface area (Å²) in [6.45, 7) is 42.5. The predicted molar refractivity (Wildman–Crippen MR) is 519 cm³/mol. The first-order valence-electron chi connectivity index (χ1n) is 45.3. The van der Waals surface area contributed by atoms with Crippen molar-refractivity contribution in [3.63, 3.8) is 0 Å². The summed E-state index contributed by atoms with van der Waals surface area (Å²) < 4.78 is 30.5. The van der Waals surface area contributed by atoms with Crippen LogP contribution >= 0.6 is 0 Å². The van der Waals surface area contributed by atoms with Gasteiger partial charge in [-0.15, -0.1) is 0 Å². The van der Waals surface area contributed by atoms with Crippen LogP contribution in [0.3, 0.4) is 0 Å². The number of hydrogen-bond acceptors (Lipinski definition) is 21. The molecule has 0 spiro atoms. The van der Waals surface area contributed by atoms with Crippen LogP contribution in [0.1, 0.15) is 335 Å². The van der Waals surface area contributed by atoms with Gasteiger partial charge in [0.15, 0.2) is 0 Å². The summed E-state index contributed by atoms with van der Waals surface area (Å²) in [5.41, 5.74) is 34.0. The highest BCUT2D eigenvalue weighted by Crippen LogP contribution is 2.50. The van der Waals surface area contributed by atoms with Gasteiger partial charge in [0, 0.05) is 146 Å². The number of aryl methyl sites for hydroxylation is 5. The maximum atomic E-state index is 14.0. The summed E-state index contributed by atoms with van der Waals surface area (Å²) in [4.78, 5) is 170. The molecule has 2 amide bonds. The Hall–Kier alpha value is -14.6.